The zero-order chi connectivity index (χ0) is 48.5. The molecule has 0 bridgehead atoms. The van der Waals surface area contributed by atoms with Crippen LogP contribution in [-0.2, 0) is 0 Å². The number of benzene rings is 10. The lowest BCUT2D eigenvalue weighted by Crippen LogP contribution is -2.00. The summed E-state index contributed by atoms with van der Waals surface area (Å²) in [7, 11) is 0. The second kappa shape index (κ2) is 16.4. The predicted molar refractivity (Wildman–Crippen MR) is 279 cm³/mol. The summed E-state index contributed by atoms with van der Waals surface area (Å²) in [6, 6.07) is 72.9. The molecule has 0 aliphatic rings. The zero-order valence-corrected chi connectivity index (χ0v) is 36.5. The monoisotopic (exact) mass is 872 g/mol. The van der Waals surface area contributed by atoms with Crippen LogP contribution >= 0.6 is 0 Å². The number of fused-ring (bicyclic) bond motifs is 6. The molecule has 0 atom stereocenters. The molecule has 0 amide bonds. The first-order chi connectivity index (χ1) is 35.3. The molecule has 68 heavy (non-hydrogen) atoms. The van der Waals surface area contributed by atoms with E-state index in [0.29, 0.717) is 28.4 Å². The summed E-state index contributed by atoms with van der Waals surface area (Å²) in [6.07, 6.45) is 0. The van der Waals surface area contributed by atoms with Crippen LogP contribution < -0.4 is 0 Å². The second-order valence-electron chi connectivity index (χ2n) is 16.9. The summed E-state index contributed by atoms with van der Waals surface area (Å²) in [5.74, 6) is 1.62. The Balaban J connectivity index is 0.945. The summed E-state index contributed by atoms with van der Waals surface area (Å²) >= 11 is 0. The van der Waals surface area contributed by atoms with Crippen LogP contribution in [-0.4, -0.2) is 19.5 Å². The van der Waals surface area contributed by atoms with E-state index in [2.05, 4.69) is 84.9 Å². The lowest BCUT2D eigenvalue weighted by Gasteiger charge is -2.15. The van der Waals surface area contributed by atoms with E-state index >= 15 is 0 Å². The Kier molecular flexibility index (Phi) is 8.45. The van der Waals surface area contributed by atoms with Crippen molar-refractivity contribution in [2.75, 3.05) is 0 Å². The third-order valence-electron chi connectivity index (χ3n) is 12.8. The maximum Gasteiger partial charge on any atom is 0.164 e. The van der Waals surface area contributed by atoms with Crippen molar-refractivity contribution < 1.29 is 9.90 Å². The molecule has 13 aromatic rings. The van der Waals surface area contributed by atoms with Gasteiger partial charge in [-0.3, -0.25) is 0 Å². The molecule has 13 rings (SSSR count). The van der Waals surface area contributed by atoms with Gasteiger partial charge in [-0.1, -0.05) is 182 Å². The van der Waals surface area contributed by atoms with Crippen molar-refractivity contribution in [2.45, 2.75) is 0 Å². The Morgan fingerprint density at radius 3 is 1.56 bits per heavy atom. The molecule has 10 aromatic carbocycles. The molecule has 0 saturated carbocycles. The SMILES string of the molecule is [2H]c1c([2H])c([2H])c2c(c1[2H])c1cccc(-c3cc(-c4ccccc4)cc(-c4ccccc4)c3)c1n2-c1ccc(-c2cccc(-c3nc(-c4ccccc4)nc(-c4ccc5c(c4)oc4ccccc45)n3)c2)cc1. The molecule has 0 N–H and O–H groups in total. The van der Waals surface area contributed by atoms with Gasteiger partial charge in [0, 0.05) is 49.5 Å². The van der Waals surface area contributed by atoms with Crippen LogP contribution in [0.3, 0.4) is 0 Å². The lowest BCUT2D eigenvalue weighted by atomic mass is 9.92. The summed E-state index contributed by atoms with van der Waals surface area (Å²) in [5, 5.41) is 3.29. The summed E-state index contributed by atoms with van der Waals surface area (Å²) in [4.78, 5) is 15.1. The molecule has 318 valence electrons. The van der Waals surface area contributed by atoms with Crippen LogP contribution in [0.1, 0.15) is 5.48 Å². The minimum atomic E-state index is -0.282. The Labute approximate surface area is 398 Å². The first-order valence-electron chi connectivity index (χ1n) is 24.6. The molecule has 0 aliphatic carbocycles. The van der Waals surface area contributed by atoms with Gasteiger partial charge in [0.15, 0.2) is 17.5 Å². The largest absolute Gasteiger partial charge is 0.456 e. The molecule has 0 unspecified atom stereocenters. The number of para-hydroxylation sites is 3. The fraction of sp³-hybridized carbons (Fsp3) is 0. The van der Waals surface area contributed by atoms with Gasteiger partial charge in [-0.05, 0) is 99.6 Å². The van der Waals surface area contributed by atoms with Gasteiger partial charge >= 0.3 is 0 Å². The number of nitrogens with zero attached hydrogens (tertiary/aromatic N) is 4. The maximum atomic E-state index is 9.36. The molecular formula is C63H40N4O. The highest BCUT2D eigenvalue weighted by molar-refractivity contribution is 6.14. The van der Waals surface area contributed by atoms with Crippen molar-refractivity contribution in [2.24, 2.45) is 0 Å². The first-order valence-corrected chi connectivity index (χ1v) is 22.6. The number of furan rings is 1. The quantitative estimate of drug-likeness (QED) is 0.153. The van der Waals surface area contributed by atoms with Crippen molar-refractivity contribution in [3.05, 3.63) is 243 Å². The first kappa shape index (κ1) is 35.1. The number of rotatable bonds is 8. The Bertz CT molecular complexity index is 4190. The van der Waals surface area contributed by atoms with Crippen molar-refractivity contribution >= 4 is 43.7 Å². The average Bonchev–Trinajstić information content (AvgIpc) is 4.01. The molecule has 0 saturated heterocycles. The zero-order valence-electron chi connectivity index (χ0n) is 40.5. The van der Waals surface area contributed by atoms with Crippen LogP contribution in [0, 0.1) is 0 Å². The molecule has 5 heteroatoms. The van der Waals surface area contributed by atoms with Gasteiger partial charge in [-0.15, -0.1) is 0 Å². The highest BCUT2D eigenvalue weighted by atomic mass is 16.3. The van der Waals surface area contributed by atoms with Gasteiger partial charge in [0.25, 0.3) is 0 Å². The van der Waals surface area contributed by atoms with Gasteiger partial charge in [0.1, 0.15) is 11.2 Å². The summed E-state index contributed by atoms with van der Waals surface area (Å²) in [5.41, 5.74) is 14.1. The number of hydrogen-bond acceptors (Lipinski definition) is 4. The highest BCUT2D eigenvalue weighted by Gasteiger charge is 2.19. The fourth-order valence-corrected chi connectivity index (χ4v) is 9.49. The Morgan fingerprint density at radius 1 is 0.338 bits per heavy atom. The van der Waals surface area contributed by atoms with Gasteiger partial charge in [-0.2, -0.15) is 0 Å². The van der Waals surface area contributed by atoms with E-state index < -0.39 is 0 Å². The van der Waals surface area contributed by atoms with Crippen LogP contribution in [0.5, 0.6) is 0 Å². The van der Waals surface area contributed by atoms with E-state index in [1.165, 1.54) is 0 Å². The minimum Gasteiger partial charge on any atom is -0.456 e. The molecule has 0 spiro atoms. The van der Waals surface area contributed by atoms with Crippen molar-refractivity contribution in [3.63, 3.8) is 0 Å². The molecule has 0 aliphatic heterocycles. The van der Waals surface area contributed by atoms with Crippen LogP contribution in [0.25, 0.3) is 128 Å². The van der Waals surface area contributed by atoms with Crippen molar-refractivity contribution in [1.29, 1.82) is 0 Å². The normalized spacial score (nSPS) is 12.4. The van der Waals surface area contributed by atoms with Gasteiger partial charge < -0.3 is 8.98 Å². The third kappa shape index (κ3) is 6.93. The maximum absolute atomic E-state index is 9.36. The van der Waals surface area contributed by atoms with Crippen LogP contribution in [0.4, 0.5) is 0 Å². The van der Waals surface area contributed by atoms with E-state index in [0.717, 1.165) is 99.7 Å². The van der Waals surface area contributed by atoms with Gasteiger partial charge in [-0.25, -0.2) is 15.0 Å². The van der Waals surface area contributed by atoms with Crippen LogP contribution in [0.2, 0.25) is 0 Å². The second-order valence-corrected chi connectivity index (χ2v) is 16.9. The van der Waals surface area contributed by atoms with Crippen molar-refractivity contribution in [1.82, 2.24) is 19.5 Å². The Morgan fingerprint density at radius 2 is 0.838 bits per heavy atom. The summed E-state index contributed by atoms with van der Waals surface area (Å²) in [6.45, 7) is 0. The molecule has 3 heterocycles. The molecule has 0 fully saturated rings. The third-order valence-corrected chi connectivity index (χ3v) is 12.8. The average molecular weight is 873 g/mol. The van der Waals surface area contributed by atoms with E-state index in [1.807, 2.05) is 138 Å². The smallest absolute Gasteiger partial charge is 0.164 e. The van der Waals surface area contributed by atoms with E-state index in [9.17, 15) is 2.74 Å². The highest BCUT2D eigenvalue weighted by Crippen LogP contribution is 2.41. The number of hydrogen-bond donors (Lipinski definition) is 0. The van der Waals surface area contributed by atoms with E-state index in [4.69, 9.17) is 22.1 Å². The van der Waals surface area contributed by atoms with Crippen LogP contribution in [0.15, 0.2) is 247 Å². The minimum absolute atomic E-state index is 0.0738. The van der Waals surface area contributed by atoms with Gasteiger partial charge in [0.2, 0.25) is 0 Å². The fourth-order valence-electron chi connectivity index (χ4n) is 9.49. The molecule has 5 nitrogen and oxygen atoms in total. The van der Waals surface area contributed by atoms with E-state index in [-0.39, 0.29) is 24.2 Å². The van der Waals surface area contributed by atoms with Gasteiger partial charge in [0.05, 0.1) is 16.5 Å². The standard InChI is InChI=1S/C63H40N4O/c1-4-16-41(17-5-1)48-37-49(42-18-6-2-7-19-42)39-50(38-48)52-26-15-27-56-53-24-10-12-28-57(53)67(60(52)56)51-33-30-43(31-34-51)45-22-14-23-46(36-45)62-64-61(44-20-8-3-9-21-44)65-63(66-62)47-32-35-55-54-25-11-13-29-58(54)68-59(55)40-47/h1-40H/i10D,12D,24D,28D. The number of aromatic nitrogens is 4. The van der Waals surface area contributed by atoms with Crippen molar-refractivity contribution in [3.8, 4) is 84.4 Å². The summed E-state index contributed by atoms with van der Waals surface area (Å²) < 4.78 is 44.5. The lowest BCUT2D eigenvalue weighted by molar-refractivity contribution is 0.669. The molecule has 0 radical (unpaired) electrons. The molecular weight excluding hydrogens is 829 g/mol. The predicted octanol–water partition coefficient (Wildman–Crippen LogP) is 16.5. The van der Waals surface area contributed by atoms with E-state index in [1.54, 1.807) is 0 Å². The Hall–Kier alpha value is -9.19. The molecule has 3 aromatic heterocycles. The topological polar surface area (TPSA) is 56.7 Å².